The van der Waals surface area contributed by atoms with Crippen LogP contribution in [0.1, 0.15) is 11.1 Å². The lowest BCUT2D eigenvalue weighted by Gasteiger charge is -2.10. The van der Waals surface area contributed by atoms with Crippen LogP contribution < -0.4 is 9.47 Å². The van der Waals surface area contributed by atoms with E-state index in [1.165, 1.54) is 5.56 Å². The van der Waals surface area contributed by atoms with Crippen LogP contribution in [0.5, 0.6) is 11.5 Å². The zero-order valence-corrected chi connectivity index (χ0v) is 12.0. The fourth-order valence-electron chi connectivity index (χ4n) is 1.82. The summed E-state index contributed by atoms with van der Waals surface area (Å²) >= 11 is 3.44. The van der Waals surface area contributed by atoms with Crippen LogP contribution >= 0.6 is 15.9 Å². The minimum Gasteiger partial charge on any atom is -0.497 e. The number of ether oxygens (including phenoxy) is 2. The molecule has 0 spiro atoms. The molecule has 0 heterocycles. The van der Waals surface area contributed by atoms with Gasteiger partial charge in [0.05, 0.1) is 14.2 Å². The van der Waals surface area contributed by atoms with Crippen molar-refractivity contribution in [2.75, 3.05) is 14.2 Å². The highest BCUT2D eigenvalue weighted by Crippen LogP contribution is 2.26. The first-order chi connectivity index (χ1) is 8.72. The molecule has 0 N–H and O–H groups in total. The molecule has 0 unspecified atom stereocenters. The predicted molar refractivity (Wildman–Crippen MR) is 76.5 cm³/mol. The molecular weight excluding hydrogens is 292 g/mol. The number of hydrogen-bond donors (Lipinski definition) is 0. The van der Waals surface area contributed by atoms with Gasteiger partial charge in [-0.1, -0.05) is 34.1 Å². The van der Waals surface area contributed by atoms with Crippen LogP contribution in [-0.2, 0) is 6.42 Å². The average molecular weight is 307 g/mol. The molecule has 0 aliphatic rings. The Hall–Kier alpha value is -1.48. The predicted octanol–water partition coefficient (Wildman–Crippen LogP) is 4.06. The molecule has 94 valence electrons. The summed E-state index contributed by atoms with van der Waals surface area (Å²) in [7, 11) is 3.34. The third-order valence-corrected chi connectivity index (χ3v) is 3.33. The molecule has 3 heteroatoms. The van der Waals surface area contributed by atoms with Gasteiger partial charge in [-0.25, -0.2) is 0 Å². The minimum absolute atomic E-state index is 0.811. The molecule has 2 aromatic rings. The highest BCUT2D eigenvalue weighted by Gasteiger charge is 2.05. The van der Waals surface area contributed by atoms with Crippen LogP contribution in [0.3, 0.4) is 0 Å². The van der Waals surface area contributed by atoms with Crippen LogP contribution in [0.25, 0.3) is 0 Å². The summed E-state index contributed by atoms with van der Waals surface area (Å²) in [5.74, 6) is 1.67. The number of halogens is 1. The summed E-state index contributed by atoms with van der Waals surface area (Å²) in [6.45, 7) is 0. The van der Waals surface area contributed by atoms with E-state index in [4.69, 9.17) is 9.47 Å². The molecule has 0 aliphatic carbocycles. The summed E-state index contributed by atoms with van der Waals surface area (Å²) in [6.07, 6.45) is 0.848. The van der Waals surface area contributed by atoms with Crippen molar-refractivity contribution >= 4 is 15.9 Å². The molecule has 2 aromatic carbocycles. The Balaban J connectivity index is 2.25. The summed E-state index contributed by atoms with van der Waals surface area (Å²) < 4.78 is 11.7. The lowest BCUT2D eigenvalue weighted by atomic mass is 10.0. The van der Waals surface area contributed by atoms with Gasteiger partial charge in [0, 0.05) is 17.0 Å². The van der Waals surface area contributed by atoms with E-state index in [1.54, 1.807) is 14.2 Å². The Bertz CT molecular complexity index is 521. The fraction of sp³-hybridized carbons (Fsp3) is 0.200. The molecular formula is C15H15BrO2. The van der Waals surface area contributed by atoms with Gasteiger partial charge >= 0.3 is 0 Å². The fourth-order valence-corrected chi connectivity index (χ4v) is 2.08. The summed E-state index contributed by atoms with van der Waals surface area (Å²) in [5.41, 5.74) is 2.40. The highest BCUT2D eigenvalue weighted by molar-refractivity contribution is 9.10. The highest BCUT2D eigenvalue weighted by atomic mass is 79.9. The second kappa shape index (κ2) is 5.91. The molecule has 0 aliphatic heterocycles. The van der Waals surface area contributed by atoms with Gasteiger partial charge in [0.2, 0.25) is 0 Å². The van der Waals surface area contributed by atoms with E-state index in [2.05, 4.69) is 28.1 Å². The summed E-state index contributed by atoms with van der Waals surface area (Å²) in [4.78, 5) is 0. The molecule has 0 saturated carbocycles. The Morgan fingerprint density at radius 3 is 2.28 bits per heavy atom. The number of methoxy groups -OCH3 is 2. The Kier molecular flexibility index (Phi) is 4.26. The van der Waals surface area contributed by atoms with E-state index < -0.39 is 0 Å². The molecule has 0 saturated heterocycles. The smallest absolute Gasteiger partial charge is 0.126 e. The second-order valence-electron chi connectivity index (χ2n) is 3.98. The zero-order chi connectivity index (χ0) is 13.0. The van der Waals surface area contributed by atoms with Gasteiger partial charge in [0.15, 0.2) is 0 Å². The van der Waals surface area contributed by atoms with Crippen molar-refractivity contribution in [3.63, 3.8) is 0 Å². The number of rotatable bonds is 4. The van der Waals surface area contributed by atoms with Gasteiger partial charge in [-0.05, 0) is 29.3 Å². The minimum atomic E-state index is 0.811. The monoisotopic (exact) mass is 306 g/mol. The van der Waals surface area contributed by atoms with Gasteiger partial charge in [-0.2, -0.15) is 0 Å². The van der Waals surface area contributed by atoms with Gasteiger partial charge < -0.3 is 9.47 Å². The van der Waals surface area contributed by atoms with Crippen molar-refractivity contribution in [1.29, 1.82) is 0 Å². The van der Waals surface area contributed by atoms with Crippen LogP contribution in [0.2, 0.25) is 0 Å². The quantitative estimate of drug-likeness (QED) is 0.848. The maximum atomic E-state index is 5.39. The molecule has 0 bridgehead atoms. The van der Waals surface area contributed by atoms with Gasteiger partial charge in [0.1, 0.15) is 11.5 Å². The second-order valence-corrected chi connectivity index (χ2v) is 4.90. The van der Waals surface area contributed by atoms with Crippen molar-refractivity contribution < 1.29 is 9.47 Å². The normalized spacial score (nSPS) is 10.2. The van der Waals surface area contributed by atoms with E-state index in [-0.39, 0.29) is 0 Å². The lowest BCUT2D eigenvalue weighted by Crippen LogP contribution is -1.95. The maximum Gasteiger partial charge on any atom is 0.126 e. The van der Waals surface area contributed by atoms with Crippen LogP contribution in [0, 0.1) is 0 Å². The van der Waals surface area contributed by atoms with E-state index in [9.17, 15) is 0 Å². The van der Waals surface area contributed by atoms with Gasteiger partial charge in [0.25, 0.3) is 0 Å². The lowest BCUT2D eigenvalue weighted by molar-refractivity contribution is 0.391. The number of hydrogen-bond acceptors (Lipinski definition) is 2. The van der Waals surface area contributed by atoms with Crippen LogP contribution in [-0.4, -0.2) is 14.2 Å². The van der Waals surface area contributed by atoms with E-state index >= 15 is 0 Å². The Labute approximate surface area is 116 Å². The molecule has 0 amide bonds. The topological polar surface area (TPSA) is 18.5 Å². The third kappa shape index (κ3) is 3.05. The molecule has 0 fully saturated rings. The zero-order valence-electron chi connectivity index (χ0n) is 10.4. The number of benzene rings is 2. The van der Waals surface area contributed by atoms with E-state index in [0.717, 1.165) is 28.0 Å². The molecule has 18 heavy (non-hydrogen) atoms. The Morgan fingerprint density at radius 2 is 1.67 bits per heavy atom. The van der Waals surface area contributed by atoms with Gasteiger partial charge in [-0.3, -0.25) is 0 Å². The Morgan fingerprint density at radius 1 is 0.944 bits per heavy atom. The standard InChI is InChI=1S/C15H15BrO2/c1-17-14-8-5-12(15(10-14)18-2)9-11-3-6-13(16)7-4-11/h3-8,10H,9H2,1-2H3. The molecule has 2 rings (SSSR count). The summed E-state index contributed by atoms with van der Waals surface area (Å²) in [5, 5.41) is 0. The molecule has 0 radical (unpaired) electrons. The first kappa shape index (κ1) is 13.0. The van der Waals surface area contributed by atoms with Crippen molar-refractivity contribution in [2.24, 2.45) is 0 Å². The molecule has 0 aromatic heterocycles. The third-order valence-electron chi connectivity index (χ3n) is 2.80. The van der Waals surface area contributed by atoms with E-state index in [1.807, 2.05) is 30.3 Å². The van der Waals surface area contributed by atoms with Crippen molar-refractivity contribution in [3.05, 3.63) is 58.1 Å². The maximum absolute atomic E-state index is 5.39. The van der Waals surface area contributed by atoms with Crippen molar-refractivity contribution in [1.82, 2.24) is 0 Å². The van der Waals surface area contributed by atoms with Crippen LogP contribution in [0.4, 0.5) is 0 Å². The average Bonchev–Trinajstić information content (AvgIpc) is 2.41. The largest absolute Gasteiger partial charge is 0.497 e. The first-order valence-corrected chi connectivity index (χ1v) is 6.47. The van der Waals surface area contributed by atoms with E-state index in [0.29, 0.717) is 0 Å². The van der Waals surface area contributed by atoms with Crippen molar-refractivity contribution in [3.8, 4) is 11.5 Å². The van der Waals surface area contributed by atoms with Crippen LogP contribution in [0.15, 0.2) is 46.9 Å². The summed E-state index contributed by atoms with van der Waals surface area (Å²) in [6, 6.07) is 14.2. The molecule has 0 atom stereocenters. The van der Waals surface area contributed by atoms with Gasteiger partial charge in [-0.15, -0.1) is 0 Å². The van der Waals surface area contributed by atoms with Crippen molar-refractivity contribution in [2.45, 2.75) is 6.42 Å². The SMILES string of the molecule is COc1ccc(Cc2ccc(Br)cc2)c(OC)c1. The molecule has 2 nitrogen and oxygen atoms in total. The first-order valence-electron chi connectivity index (χ1n) is 5.68.